The number of ether oxygens (including phenoxy) is 1. The van der Waals surface area contributed by atoms with Crippen molar-refractivity contribution >= 4 is 28.5 Å². The first kappa shape index (κ1) is 20.4. The van der Waals surface area contributed by atoms with E-state index in [1.807, 2.05) is 76.2 Å². The molecule has 29 heavy (non-hydrogen) atoms. The number of carbonyl (C=O) groups is 1. The van der Waals surface area contributed by atoms with Gasteiger partial charge in [-0.1, -0.05) is 6.07 Å². The van der Waals surface area contributed by atoms with Crippen LogP contribution in [-0.4, -0.2) is 47.9 Å². The Labute approximate surface area is 170 Å². The Morgan fingerprint density at radius 1 is 1.10 bits per heavy atom. The van der Waals surface area contributed by atoms with Gasteiger partial charge in [0.25, 0.3) is 0 Å². The zero-order valence-electron chi connectivity index (χ0n) is 17.6. The van der Waals surface area contributed by atoms with Gasteiger partial charge in [0, 0.05) is 36.8 Å². The summed E-state index contributed by atoms with van der Waals surface area (Å²) in [6, 6.07) is 11.3. The van der Waals surface area contributed by atoms with Crippen LogP contribution >= 0.6 is 0 Å². The third-order valence-electron chi connectivity index (χ3n) is 4.58. The first-order valence-electron chi connectivity index (χ1n) is 9.27. The van der Waals surface area contributed by atoms with Crippen molar-refractivity contribution in [3.05, 3.63) is 42.6 Å². The Kier molecular flexibility index (Phi) is 5.33. The summed E-state index contributed by atoms with van der Waals surface area (Å²) in [4.78, 5) is 24.3. The Morgan fingerprint density at radius 3 is 2.41 bits per heavy atom. The average Bonchev–Trinajstić information content (AvgIpc) is 2.66. The summed E-state index contributed by atoms with van der Waals surface area (Å²) in [5, 5.41) is 11.7. The number of anilines is 2. The molecule has 1 aromatic heterocycles. The maximum atomic E-state index is 12.2. The number of benzene rings is 2. The lowest BCUT2D eigenvalue weighted by Gasteiger charge is -2.34. The second-order valence-corrected chi connectivity index (χ2v) is 8.01. The van der Waals surface area contributed by atoms with Crippen molar-refractivity contribution < 1.29 is 14.6 Å². The van der Waals surface area contributed by atoms with Crippen molar-refractivity contribution in [3.63, 3.8) is 0 Å². The number of aromatic nitrogens is 2. The van der Waals surface area contributed by atoms with Crippen LogP contribution in [0.2, 0.25) is 0 Å². The molecule has 1 N–H and O–H groups in total. The second-order valence-electron chi connectivity index (χ2n) is 8.01. The van der Waals surface area contributed by atoms with E-state index >= 15 is 0 Å². The Balaban J connectivity index is 2.32. The number of carboxylic acid groups (broad SMARTS) is 1. The first-order chi connectivity index (χ1) is 13.6. The molecule has 0 aliphatic carbocycles. The lowest BCUT2D eigenvalue weighted by atomic mass is 9.98. The van der Waals surface area contributed by atoms with E-state index in [4.69, 9.17) is 4.74 Å². The van der Waals surface area contributed by atoms with Crippen LogP contribution in [0.15, 0.2) is 42.6 Å². The maximum absolute atomic E-state index is 12.2. The fourth-order valence-corrected chi connectivity index (χ4v) is 3.25. The van der Waals surface area contributed by atoms with Crippen molar-refractivity contribution in [1.29, 1.82) is 0 Å². The number of amides is 1. The van der Waals surface area contributed by atoms with Crippen molar-refractivity contribution in [3.8, 4) is 17.0 Å². The van der Waals surface area contributed by atoms with Gasteiger partial charge < -0.3 is 14.7 Å². The summed E-state index contributed by atoms with van der Waals surface area (Å²) in [5.74, 6) is 1.26. The Morgan fingerprint density at radius 2 is 1.83 bits per heavy atom. The smallest absolute Gasteiger partial charge is 0.412 e. The molecule has 0 aliphatic heterocycles. The predicted molar refractivity (Wildman–Crippen MR) is 116 cm³/mol. The highest BCUT2D eigenvalue weighted by atomic mass is 16.5. The zero-order chi connectivity index (χ0) is 21.3. The maximum Gasteiger partial charge on any atom is 0.412 e. The standard InChI is InChI=1S/C22H26N4O3/c1-22(2,3)26(21(27)28)19-12-15(18-9-10-23-20(24-18)25(4)5)11-14-7-8-16(29-6)13-17(14)19/h7-13H,1-6H3,(H,27,28). The average molecular weight is 394 g/mol. The number of rotatable bonds is 4. The molecule has 0 aliphatic rings. The van der Waals surface area contributed by atoms with Crippen LogP contribution in [0, 0.1) is 0 Å². The molecule has 152 valence electrons. The minimum Gasteiger partial charge on any atom is -0.497 e. The molecule has 0 bridgehead atoms. The summed E-state index contributed by atoms with van der Waals surface area (Å²) >= 11 is 0. The van der Waals surface area contributed by atoms with Crippen LogP contribution in [-0.2, 0) is 0 Å². The third kappa shape index (κ3) is 4.08. The van der Waals surface area contributed by atoms with E-state index in [-0.39, 0.29) is 0 Å². The molecule has 7 nitrogen and oxygen atoms in total. The highest BCUT2D eigenvalue weighted by molar-refractivity contribution is 6.04. The summed E-state index contributed by atoms with van der Waals surface area (Å²) in [7, 11) is 5.35. The van der Waals surface area contributed by atoms with E-state index in [0.29, 0.717) is 17.4 Å². The lowest BCUT2D eigenvalue weighted by Crippen LogP contribution is -2.45. The summed E-state index contributed by atoms with van der Waals surface area (Å²) in [6.07, 6.45) is 0.685. The van der Waals surface area contributed by atoms with Crippen molar-refractivity contribution in [2.45, 2.75) is 26.3 Å². The molecule has 0 saturated carbocycles. The lowest BCUT2D eigenvalue weighted by molar-refractivity contribution is 0.196. The molecule has 3 rings (SSSR count). The highest BCUT2D eigenvalue weighted by Gasteiger charge is 2.30. The molecular formula is C22H26N4O3. The number of fused-ring (bicyclic) bond motifs is 1. The topological polar surface area (TPSA) is 78.8 Å². The van der Waals surface area contributed by atoms with Gasteiger partial charge in [0.05, 0.1) is 18.5 Å². The quantitative estimate of drug-likeness (QED) is 0.694. The molecule has 0 fully saturated rings. The molecule has 3 aromatic rings. The van der Waals surface area contributed by atoms with Gasteiger partial charge in [0.15, 0.2) is 0 Å². The SMILES string of the molecule is COc1ccc2cc(-c3ccnc(N(C)C)n3)cc(N(C(=O)O)C(C)(C)C)c2c1. The fourth-order valence-electron chi connectivity index (χ4n) is 3.25. The van der Waals surface area contributed by atoms with Gasteiger partial charge in [0.2, 0.25) is 5.95 Å². The summed E-state index contributed by atoms with van der Waals surface area (Å²) in [5.41, 5.74) is 1.49. The van der Waals surface area contributed by atoms with Crippen molar-refractivity contribution in [1.82, 2.24) is 9.97 Å². The van der Waals surface area contributed by atoms with Gasteiger partial charge in [-0.15, -0.1) is 0 Å². The largest absolute Gasteiger partial charge is 0.497 e. The molecule has 0 atom stereocenters. The molecule has 1 heterocycles. The molecule has 2 aromatic carbocycles. The monoisotopic (exact) mass is 394 g/mol. The normalized spacial score (nSPS) is 11.4. The predicted octanol–water partition coefficient (Wildman–Crippen LogP) is 4.65. The first-order valence-corrected chi connectivity index (χ1v) is 9.27. The summed E-state index contributed by atoms with van der Waals surface area (Å²) in [6.45, 7) is 5.61. The Bertz CT molecular complexity index is 1060. The van der Waals surface area contributed by atoms with Gasteiger partial charge in [0.1, 0.15) is 5.75 Å². The molecular weight excluding hydrogens is 368 g/mol. The van der Waals surface area contributed by atoms with E-state index in [1.165, 1.54) is 4.90 Å². The molecule has 0 saturated heterocycles. The minimum absolute atomic E-state index is 0.585. The van der Waals surface area contributed by atoms with Crippen LogP contribution in [0.3, 0.4) is 0 Å². The molecule has 7 heteroatoms. The van der Waals surface area contributed by atoms with E-state index < -0.39 is 11.6 Å². The zero-order valence-corrected chi connectivity index (χ0v) is 17.6. The van der Waals surface area contributed by atoms with E-state index in [9.17, 15) is 9.90 Å². The number of methoxy groups -OCH3 is 1. The fraction of sp³-hybridized carbons (Fsp3) is 0.318. The van der Waals surface area contributed by atoms with Gasteiger partial charge in [-0.3, -0.25) is 4.90 Å². The Hall–Kier alpha value is -3.35. The highest BCUT2D eigenvalue weighted by Crippen LogP contribution is 2.37. The van der Waals surface area contributed by atoms with Crippen LogP contribution in [0.1, 0.15) is 20.8 Å². The van der Waals surface area contributed by atoms with E-state index in [2.05, 4.69) is 9.97 Å². The van der Waals surface area contributed by atoms with Gasteiger partial charge in [-0.05, 0) is 56.5 Å². The second kappa shape index (κ2) is 7.58. The molecule has 0 spiro atoms. The number of nitrogens with zero attached hydrogens (tertiary/aromatic N) is 4. The minimum atomic E-state index is -1.02. The van der Waals surface area contributed by atoms with Crippen LogP contribution in [0.5, 0.6) is 5.75 Å². The summed E-state index contributed by atoms with van der Waals surface area (Å²) < 4.78 is 5.37. The van der Waals surface area contributed by atoms with Crippen LogP contribution in [0.4, 0.5) is 16.4 Å². The van der Waals surface area contributed by atoms with Crippen molar-refractivity contribution in [2.24, 2.45) is 0 Å². The van der Waals surface area contributed by atoms with Gasteiger partial charge >= 0.3 is 6.09 Å². The number of hydrogen-bond acceptors (Lipinski definition) is 5. The number of hydrogen-bond donors (Lipinski definition) is 1. The van der Waals surface area contributed by atoms with Gasteiger partial charge in [-0.25, -0.2) is 14.8 Å². The molecule has 0 unspecified atom stereocenters. The molecule has 1 amide bonds. The van der Waals surface area contributed by atoms with Crippen LogP contribution < -0.4 is 14.5 Å². The van der Waals surface area contributed by atoms with Crippen molar-refractivity contribution in [2.75, 3.05) is 31.0 Å². The van der Waals surface area contributed by atoms with Crippen LogP contribution in [0.25, 0.3) is 22.0 Å². The van der Waals surface area contributed by atoms with E-state index in [1.54, 1.807) is 13.3 Å². The molecule has 0 radical (unpaired) electrons. The van der Waals surface area contributed by atoms with E-state index in [0.717, 1.165) is 22.0 Å². The van der Waals surface area contributed by atoms with Gasteiger partial charge in [-0.2, -0.15) is 0 Å². The third-order valence-corrected chi connectivity index (χ3v) is 4.58.